The van der Waals surface area contributed by atoms with Crippen molar-refractivity contribution in [3.05, 3.63) is 0 Å². The van der Waals surface area contributed by atoms with Gasteiger partial charge in [-0.15, -0.1) is 0 Å². The quantitative estimate of drug-likeness (QED) is 0.659. The zero-order chi connectivity index (χ0) is 8.10. The second-order valence-electron chi connectivity index (χ2n) is 3.56. The summed E-state index contributed by atoms with van der Waals surface area (Å²) in [6.07, 6.45) is 6.71. The van der Waals surface area contributed by atoms with Crippen molar-refractivity contribution in [2.24, 2.45) is 5.73 Å². The predicted octanol–water partition coefficient (Wildman–Crippen LogP) is 1.46. The molecule has 0 bridgehead atoms. The Labute approximate surface area is 71.2 Å². The van der Waals surface area contributed by atoms with E-state index in [2.05, 4.69) is 11.9 Å². The lowest BCUT2D eigenvalue weighted by molar-refractivity contribution is 0.237. The summed E-state index contributed by atoms with van der Waals surface area (Å²) in [5.74, 6) is 0. The van der Waals surface area contributed by atoms with Crippen LogP contribution in [-0.4, -0.2) is 31.1 Å². The Bertz CT molecular complexity index is 109. The molecule has 2 nitrogen and oxygen atoms in total. The van der Waals surface area contributed by atoms with Crippen molar-refractivity contribution in [2.45, 2.75) is 38.1 Å². The van der Waals surface area contributed by atoms with Crippen LogP contribution in [0.5, 0.6) is 0 Å². The van der Waals surface area contributed by atoms with Crippen LogP contribution < -0.4 is 5.73 Å². The van der Waals surface area contributed by atoms with Crippen LogP contribution in [0.3, 0.4) is 0 Å². The summed E-state index contributed by atoms with van der Waals surface area (Å²) >= 11 is 0. The third kappa shape index (κ3) is 2.80. The van der Waals surface area contributed by atoms with Gasteiger partial charge < -0.3 is 10.6 Å². The molecule has 11 heavy (non-hydrogen) atoms. The number of likely N-dealkylation sites (tertiary alicyclic amines) is 1. The highest BCUT2D eigenvalue weighted by molar-refractivity contribution is 4.72. The minimum atomic E-state index is 0. The third-order valence-electron chi connectivity index (χ3n) is 2.67. The van der Waals surface area contributed by atoms with Crippen LogP contribution >= 0.6 is 0 Å². The SMILES string of the molecule is CN1CCCCC[C@H]1CCN.[HH]. The van der Waals surface area contributed by atoms with Crippen molar-refractivity contribution >= 4 is 0 Å². The first-order valence-corrected chi connectivity index (χ1v) is 4.75. The molecule has 0 aromatic carbocycles. The second kappa shape index (κ2) is 4.73. The Morgan fingerprint density at radius 1 is 1.45 bits per heavy atom. The Morgan fingerprint density at radius 3 is 3.00 bits per heavy atom. The van der Waals surface area contributed by atoms with Crippen LogP contribution in [-0.2, 0) is 0 Å². The predicted molar refractivity (Wildman–Crippen MR) is 50.7 cm³/mol. The third-order valence-corrected chi connectivity index (χ3v) is 2.67. The number of hydrogen-bond acceptors (Lipinski definition) is 2. The number of hydrogen-bond donors (Lipinski definition) is 1. The minimum absolute atomic E-state index is 0. The van der Waals surface area contributed by atoms with Crippen molar-refractivity contribution in [3.63, 3.8) is 0 Å². The average molecular weight is 158 g/mol. The van der Waals surface area contributed by atoms with Gasteiger partial charge in [-0.3, -0.25) is 0 Å². The Hall–Kier alpha value is -0.0800. The normalized spacial score (nSPS) is 28.4. The van der Waals surface area contributed by atoms with Crippen molar-refractivity contribution in [2.75, 3.05) is 20.1 Å². The standard InChI is InChI=1S/C9H20N2.H2/c1-11-8-4-2-3-5-9(11)6-7-10;/h9H,2-8,10H2,1H3;1H/t9-;/m0./s1. The van der Waals surface area contributed by atoms with Crippen molar-refractivity contribution in [1.82, 2.24) is 4.90 Å². The molecule has 1 saturated heterocycles. The summed E-state index contributed by atoms with van der Waals surface area (Å²) in [5, 5.41) is 0. The highest BCUT2D eigenvalue weighted by atomic mass is 15.1. The molecule has 1 fully saturated rings. The molecule has 0 aromatic rings. The van der Waals surface area contributed by atoms with E-state index in [1.54, 1.807) is 0 Å². The van der Waals surface area contributed by atoms with Crippen LogP contribution in [0.25, 0.3) is 0 Å². The molecule has 0 aromatic heterocycles. The molecule has 0 saturated carbocycles. The topological polar surface area (TPSA) is 29.3 Å². The maximum Gasteiger partial charge on any atom is 0.0104 e. The van der Waals surface area contributed by atoms with E-state index in [0.29, 0.717) is 0 Å². The van der Waals surface area contributed by atoms with E-state index in [1.807, 2.05) is 0 Å². The lowest BCUT2D eigenvalue weighted by Gasteiger charge is -2.24. The van der Waals surface area contributed by atoms with E-state index in [-0.39, 0.29) is 1.43 Å². The van der Waals surface area contributed by atoms with Gasteiger partial charge in [0.05, 0.1) is 0 Å². The van der Waals surface area contributed by atoms with Crippen LogP contribution in [0.4, 0.5) is 0 Å². The molecule has 1 aliphatic heterocycles. The maximum absolute atomic E-state index is 5.55. The number of nitrogens with zero attached hydrogens (tertiary/aromatic N) is 1. The van der Waals surface area contributed by atoms with Gasteiger partial charge in [-0.2, -0.15) is 0 Å². The fourth-order valence-corrected chi connectivity index (χ4v) is 1.88. The first-order chi connectivity index (χ1) is 5.34. The van der Waals surface area contributed by atoms with E-state index in [1.165, 1.54) is 38.6 Å². The Balaban J connectivity index is 0.00000121. The molecule has 0 unspecified atom stereocenters. The highest BCUT2D eigenvalue weighted by Crippen LogP contribution is 2.16. The van der Waals surface area contributed by atoms with Gasteiger partial charge in [-0.05, 0) is 39.4 Å². The monoisotopic (exact) mass is 158 g/mol. The molecule has 68 valence electrons. The molecular weight excluding hydrogens is 136 g/mol. The average Bonchev–Trinajstić information content (AvgIpc) is 2.18. The summed E-state index contributed by atoms with van der Waals surface area (Å²) in [5.41, 5.74) is 5.55. The van der Waals surface area contributed by atoms with E-state index in [4.69, 9.17) is 5.73 Å². The van der Waals surface area contributed by atoms with Crippen molar-refractivity contribution in [1.29, 1.82) is 0 Å². The first kappa shape index (κ1) is 9.01. The number of rotatable bonds is 2. The highest BCUT2D eigenvalue weighted by Gasteiger charge is 2.15. The smallest absolute Gasteiger partial charge is 0.0104 e. The Kier molecular flexibility index (Phi) is 3.87. The van der Waals surface area contributed by atoms with Gasteiger partial charge in [0.25, 0.3) is 0 Å². The summed E-state index contributed by atoms with van der Waals surface area (Å²) in [7, 11) is 2.23. The minimum Gasteiger partial charge on any atom is -0.330 e. The lowest BCUT2D eigenvalue weighted by Crippen LogP contribution is -2.32. The molecule has 1 aliphatic rings. The summed E-state index contributed by atoms with van der Waals surface area (Å²) in [6.45, 7) is 2.11. The van der Waals surface area contributed by atoms with Gasteiger partial charge in [0.15, 0.2) is 0 Å². The lowest BCUT2D eigenvalue weighted by atomic mass is 10.1. The van der Waals surface area contributed by atoms with E-state index < -0.39 is 0 Å². The largest absolute Gasteiger partial charge is 0.330 e. The zero-order valence-corrected chi connectivity index (χ0v) is 7.55. The van der Waals surface area contributed by atoms with Gasteiger partial charge in [0, 0.05) is 7.47 Å². The molecule has 0 spiro atoms. The van der Waals surface area contributed by atoms with Crippen LogP contribution in [0, 0.1) is 0 Å². The molecule has 1 atom stereocenters. The first-order valence-electron chi connectivity index (χ1n) is 4.75. The van der Waals surface area contributed by atoms with Gasteiger partial charge in [-0.1, -0.05) is 12.8 Å². The van der Waals surface area contributed by atoms with Crippen LogP contribution in [0.15, 0.2) is 0 Å². The van der Waals surface area contributed by atoms with Gasteiger partial charge in [0.1, 0.15) is 0 Å². The molecule has 2 N–H and O–H groups in total. The van der Waals surface area contributed by atoms with E-state index in [9.17, 15) is 0 Å². The summed E-state index contributed by atoms with van der Waals surface area (Å²) in [6, 6.07) is 0.766. The van der Waals surface area contributed by atoms with Gasteiger partial charge in [0.2, 0.25) is 0 Å². The second-order valence-corrected chi connectivity index (χ2v) is 3.56. The van der Waals surface area contributed by atoms with E-state index in [0.717, 1.165) is 12.6 Å². The van der Waals surface area contributed by atoms with Gasteiger partial charge >= 0.3 is 0 Å². The fourth-order valence-electron chi connectivity index (χ4n) is 1.88. The van der Waals surface area contributed by atoms with Crippen LogP contribution in [0.2, 0.25) is 0 Å². The molecule has 1 heterocycles. The molecule has 0 radical (unpaired) electrons. The van der Waals surface area contributed by atoms with E-state index >= 15 is 0 Å². The molecule has 1 rings (SSSR count). The fraction of sp³-hybridized carbons (Fsp3) is 1.00. The van der Waals surface area contributed by atoms with Gasteiger partial charge in [-0.25, -0.2) is 0 Å². The molecule has 0 aliphatic carbocycles. The van der Waals surface area contributed by atoms with Crippen molar-refractivity contribution < 1.29 is 1.43 Å². The molecule has 2 heteroatoms. The summed E-state index contributed by atoms with van der Waals surface area (Å²) in [4.78, 5) is 2.47. The Morgan fingerprint density at radius 2 is 2.27 bits per heavy atom. The summed E-state index contributed by atoms with van der Waals surface area (Å²) < 4.78 is 0. The zero-order valence-electron chi connectivity index (χ0n) is 7.55. The molecule has 0 amide bonds. The molecular formula is C9H22N2. The van der Waals surface area contributed by atoms with Crippen LogP contribution in [0.1, 0.15) is 33.5 Å². The van der Waals surface area contributed by atoms with Crippen molar-refractivity contribution in [3.8, 4) is 0 Å². The maximum atomic E-state index is 5.55. The number of nitrogens with two attached hydrogens (primary N) is 1.